The van der Waals surface area contributed by atoms with E-state index in [0.29, 0.717) is 38.8 Å². The van der Waals surface area contributed by atoms with Gasteiger partial charge in [-0.2, -0.15) is 0 Å². The Labute approximate surface area is 314 Å². The number of anilines is 1. The summed E-state index contributed by atoms with van der Waals surface area (Å²) in [7, 11) is 3.01. The molecule has 15 heteroatoms. The number of hydrogen-bond donors (Lipinski definition) is 0. The maximum Gasteiger partial charge on any atom is 0.346 e. The predicted molar refractivity (Wildman–Crippen MR) is 200 cm³/mol. The molecule has 0 bridgehead atoms. The van der Waals surface area contributed by atoms with E-state index in [9.17, 15) is 24.0 Å². The molecule has 3 heterocycles. The Balaban J connectivity index is 1.90. The number of methoxy groups -OCH3 is 2. The van der Waals surface area contributed by atoms with Gasteiger partial charge in [0, 0.05) is 21.6 Å². The molecule has 0 N–H and O–H groups in total. The highest BCUT2D eigenvalue weighted by atomic mass is 32.2. The Kier molecular flexibility index (Phi) is 11.8. The van der Waals surface area contributed by atoms with E-state index >= 15 is 0 Å². The zero-order chi connectivity index (χ0) is 38.0. The van der Waals surface area contributed by atoms with E-state index in [1.165, 1.54) is 14.2 Å². The minimum absolute atomic E-state index is 0.00349. The second-order valence-electron chi connectivity index (χ2n) is 11.7. The second kappa shape index (κ2) is 15.7. The van der Waals surface area contributed by atoms with E-state index in [0.717, 1.165) is 35.3 Å². The van der Waals surface area contributed by atoms with Crippen molar-refractivity contribution in [1.82, 2.24) is 0 Å². The van der Waals surface area contributed by atoms with Gasteiger partial charge in [0.1, 0.15) is 30.3 Å². The summed E-state index contributed by atoms with van der Waals surface area (Å²) in [5, 5.41) is 0. The molecule has 52 heavy (non-hydrogen) atoms. The zero-order valence-electron chi connectivity index (χ0n) is 30.0. The lowest BCUT2D eigenvalue weighted by molar-refractivity contribution is -0.141. The van der Waals surface area contributed by atoms with Crippen molar-refractivity contribution in [1.29, 1.82) is 0 Å². The molecule has 3 aliphatic heterocycles. The largest absolute Gasteiger partial charge is 0.497 e. The highest BCUT2D eigenvalue weighted by Gasteiger charge is 2.62. The number of esters is 4. The highest BCUT2D eigenvalue weighted by Crippen LogP contribution is 2.71. The summed E-state index contributed by atoms with van der Waals surface area (Å²) in [4.78, 5) is 72.0. The van der Waals surface area contributed by atoms with Crippen LogP contribution in [0.5, 0.6) is 11.5 Å². The molecule has 0 saturated carbocycles. The van der Waals surface area contributed by atoms with Crippen LogP contribution in [0.4, 0.5) is 5.69 Å². The third kappa shape index (κ3) is 6.69. The molecule has 1 amide bonds. The molecule has 0 unspecified atom stereocenters. The molecule has 1 spiro atoms. The van der Waals surface area contributed by atoms with Crippen molar-refractivity contribution in [3.05, 3.63) is 78.8 Å². The van der Waals surface area contributed by atoms with Gasteiger partial charge in [0.05, 0.1) is 57.4 Å². The number of ether oxygens (including phenoxy) is 6. The van der Waals surface area contributed by atoms with Gasteiger partial charge < -0.3 is 28.4 Å². The summed E-state index contributed by atoms with van der Waals surface area (Å²) < 4.78 is 31.3. The van der Waals surface area contributed by atoms with Gasteiger partial charge in [0.25, 0.3) is 5.91 Å². The van der Waals surface area contributed by atoms with Gasteiger partial charge in [-0.25, -0.2) is 19.2 Å². The number of carbonyl (C=O) groups is 5. The van der Waals surface area contributed by atoms with Crippen molar-refractivity contribution in [2.24, 2.45) is 0 Å². The quantitative estimate of drug-likeness (QED) is 0.181. The zero-order valence-corrected chi connectivity index (χ0v) is 32.5. The fourth-order valence-electron chi connectivity index (χ4n) is 6.08. The summed E-state index contributed by atoms with van der Waals surface area (Å²) in [6.07, 6.45) is 0. The predicted octanol–water partition coefficient (Wildman–Crippen LogP) is 6.50. The Morgan fingerprint density at radius 2 is 1.19 bits per heavy atom. The van der Waals surface area contributed by atoms with Gasteiger partial charge in [-0.1, -0.05) is 41.4 Å². The molecule has 0 atom stereocenters. The van der Waals surface area contributed by atoms with E-state index in [1.54, 1.807) is 75.1 Å². The standard InChI is InChI=1S/C37H39NO11S3/c1-9-46-32(40)26-27(33(41)47-10-2)50-30-25(37(26)51-28(34(42)48-11-3)29(52-37)35(43)49-12-4)23-19-22(45-8)16-17-24(23)38(36(30,5)6)31(39)20-14-13-15-21(18-20)44-7/h13-19H,9-12H2,1-8H3. The van der Waals surface area contributed by atoms with E-state index in [-0.39, 0.29) is 52.6 Å². The molecule has 12 nitrogen and oxygen atoms in total. The molecule has 5 rings (SSSR count). The van der Waals surface area contributed by atoms with Crippen molar-refractivity contribution < 1.29 is 52.4 Å². The van der Waals surface area contributed by atoms with E-state index < -0.39 is 33.5 Å². The summed E-state index contributed by atoms with van der Waals surface area (Å²) in [6, 6.07) is 11.9. The van der Waals surface area contributed by atoms with E-state index in [1.807, 2.05) is 13.8 Å². The first-order valence-electron chi connectivity index (χ1n) is 16.5. The lowest BCUT2D eigenvalue weighted by Gasteiger charge is -2.50. The van der Waals surface area contributed by atoms with Crippen LogP contribution >= 0.6 is 35.3 Å². The molecule has 0 radical (unpaired) electrons. The maximum atomic E-state index is 14.7. The van der Waals surface area contributed by atoms with Crippen molar-refractivity contribution in [3.63, 3.8) is 0 Å². The first-order valence-corrected chi connectivity index (χ1v) is 18.9. The second-order valence-corrected chi connectivity index (χ2v) is 15.4. The van der Waals surface area contributed by atoms with Crippen LogP contribution in [0.3, 0.4) is 0 Å². The average molecular weight is 770 g/mol. The molecule has 2 aromatic carbocycles. The molecule has 0 fully saturated rings. The van der Waals surface area contributed by atoms with Crippen LogP contribution < -0.4 is 14.4 Å². The van der Waals surface area contributed by atoms with Gasteiger partial charge in [-0.15, -0.1) is 0 Å². The number of fused-ring (bicyclic) bond motifs is 3. The molecular formula is C37H39NO11S3. The van der Waals surface area contributed by atoms with Gasteiger partial charge in [-0.3, -0.25) is 9.69 Å². The number of benzene rings is 2. The van der Waals surface area contributed by atoms with Crippen molar-refractivity contribution in [2.45, 2.75) is 51.2 Å². The van der Waals surface area contributed by atoms with Crippen LogP contribution in [0.1, 0.15) is 57.5 Å². The topological polar surface area (TPSA) is 144 Å². The molecular weight excluding hydrogens is 731 g/mol. The molecule has 0 aliphatic carbocycles. The molecule has 276 valence electrons. The Bertz CT molecular complexity index is 1900. The number of carbonyl (C=O) groups excluding carboxylic acids is 5. The minimum atomic E-state index is -1.72. The number of amides is 1. The van der Waals surface area contributed by atoms with Crippen LogP contribution in [0, 0.1) is 0 Å². The number of nitrogens with zero attached hydrogens (tertiary/aromatic N) is 1. The SMILES string of the molecule is CCOC(=O)C1=C(C(=O)OCC)SC2(S1)C(C(=O)OCC)=C(C(=O)OCC)SC1=C2c2cc(OC)ccc2N(C(=O)c2cccc(OC)c2)C1(C)C. The van der Waals surface area contributed by atoms with Crippen LogP contribution in [0.2, 0.25) is 0 Å². The summed E-state index contributed by atoms with van der Waals surface area (Å²) in [5.41, 5.74) is 0.342. The van der Waals surface area contributed by atoms with Crippen molar-refractivity contribution in [2.75, 3.05) is 45.5 Å². The number of hydrogen-bond acceptors (Lipinski definition) is 14. The lowest BCUT2D eigenvalue weighted by atomic mass is 9.83. The molecule has 0 saturated heterocycles. The molecule has 2 aromatic rings. The highest BCUT2D eigenvalue weighted by molar-refractivity contribution is 8.26. The van der Waals surface area contributed by atoms with Gasteiger partial charge >= 0.3 is 23.9 Å². The first kappa shape index (κ1) is 38.9. The van der Waals surface area contributed by atoms with Crippen LogP contribution in [0.15, 0.2) is 67.7 Å². The minimum Gasteiger partial charge on any atom is -0.497 e. The summed E-state index contributed by atoms with van der Waals surface area (Å²) in [5.74, 6) is -2.75. The number of thioether (sulfide) groups is 3. The Morgan fingerprint density at radius 3 is 1.73 bits per heavy atom. The smallest absolute Gasteiger partial charge is 0.346 e. The summed E-state index contributed by atoms with van der Waals surface area (Å²) in [6.45, 7) is 10.1. The van der Waals surface area contributed by atoms with Crippen LogP contribution in [0.25, 0.3) is 5.57 Å². The third-order valence-electron chi connectivity index (χ3n) is 8.22. The van der Waals surface area contributed by atoms with E-state index in [2.05, 4.69) is 0 Å². The van der Waals surface area contributed by atoms with Gasteiger partial charge in [0.2, 0.25) is 0 Å². The average Bonchev–Trinajstić information content (AvgIpc) is 3.52. The fraction of sp³-hybridized carbons (Fsp3) is 0.378. The molecule has 3 aliphatic rings. The van der Waals surface area contributed by atoms with Crippen LogP contribution in [-0.2, 0) is 38.1 Å². The normalized spacial score (nSPS) is 17.0. The van der Waals surface area contributed by atoms with Gasteiger partial charge in [-0.05, 0) is 77.9 Å². The molecule has 0 aromatic heterocycles. The van der Waals surface area contributed by atoms with E-state index in [4.69, 9.17) is 28.4 Å². The number of rotatable bonds is 11. The van der Waals surface area contributed by atoms with Crippen molar-refractivity contribution >= 4 is 76.3 Å². The fourth-order valence-corrected chi connectivity index (χ4v) is 11.1. The van der Waals surface area contributed by atoms with Crippen molar-refractivity contribution in [3.8, 4) is 11.5 Å². The maximum absolute atomic E-state index is 14.7. The lowest BCUT2D eigenvalue weighted by Crippen LogP contribution is -2.53. The summed E-state index contributed by atoms with van der Waals surface area (Å²) >= 11 is 2.76. The monoisotopic (exact) mass is 769 g/mol. The van der Waals surface area contributed by atoms with Gasteiger partial charge in [0.15, 0.2) is 0 Å². The van der Waals surface area contributed by atoms with Crippen LogP contribution in [-0.4, -0.2) is 80.0 Å². The Hall–Kier alpha value is -4.34. The first-order chi connectivity index (χ1) is 24.8. The Morgan fingerprint density at radius 1 is 0.673 bits per heavy atom. The third-order valence-corrected chi connectivity index (χ3v) is 12.9.